The molecule has 4 nitrogen and oxygen atoms in total. The molecule has 28 heavy (non-hydrogen) atoms. The summed E-state index contributed by atoms with van der Waals surface area (Å²) in [4.78, 5) is 14.8. The van der Waals surface area contributed by atoms with Crippen LogP contribution in [0.5, 0.6) is 5.75 Å². The Balaban J connectivity index is 1.55. The van der Waals surface area contributed by atoms with Crippen molar-refractivity contribution >= 4 is 5.91 Å². The third-order valence-electron chi connectivity index (χ3n) is 5.34. The number of nitrogens with zero attached hydrogens (tertiary/aromatic N) is 1. The maximum absolute atomic E-state index is 12.4. The van der Waals surface area contributed by atoms with Crippen molar-refractivity contribution in [3.05, 3.63) is 64.7 Å². The Bertz CT molecular complexity index is 795. The Morgan fingerprint density at radius 3 is 2.54 bits per heavy atom. The van der Waals surface area contributed by atoms with E-state index >= 15 is 0 Å². The van der Waals surface area contributed by atoms with Crippen LogP contribution in [0.4, 0.5) is 0 Å². The molecular formula is C24H32N2O2. The minimum absolute atomic E-state index is 0.0392. The molecule has 4 heteroatoms. The predicted octanol–water partition coefficient (Wildman–Crippen LogP) is 4.41. The number of carbonyl (C=O) groups is 1. The largest absolute Gasteiger partial charge is 0.483 e. The number of nitrogens with one attached hydrogen (secondary N) is 1. The Morgan fingerprint density at radius 2 is 1.82 bits per heavy atom. The molecule has 1 N–H and O–H groups in total. The molecule has 0 spiro atoms. The van der Waals surface area contributed by atoms with E-state index in [2.05, 4.69) is 54.4 Å². The van der Waals surface area contributed by atoms with Gasteiger partial charge in [0.25, 0.3) is 5.91 Å². The van der Waals surface area contributed by atoms with Gasteiger partial charge in [-0.05, 0) is 67.1 Å². The van der Waals surface area contributed by atoms with Crippen molar-refractivity contribution in [1.29, 1.82) is 0 Å². The Hall–Kier alpha value is -2.33. The molecule has 1 fully saturated rings. The third kappa shape index (κ3) is 5.59. The molecule has 1 saturated heterocycles. The number of likely N-dealkylation sites (tertiary alicyclic amines) is 1. The summed E-state index contributed by atoms with van der Waals surface area (Å²) in [5.41, 5.74) is 4.75. The van der Waals surface area contributed by atoms with Gasteiger partial charge in [-0.1, -0.05) is 50.2 Å². The van der Waals surface area contributed by atoms with Crippen LogP contribution < -0.4 is 10.1 Å². The Morgan fingerprint density at radius 1 is 1.11 bits per heavy atom. The molecule has 0 unspecified atom stereocenters. The van der Waals surface area contributed by atoms with Crippen LogP contribution in [-0.2, 0) is 17.9 Å². The molecule has 0 radical (unpaired) electrons. The van der Waals surface area contributed by atoms with E-state index in [0.717, 1.165) is 23.4 Å². The highest BCUT2D eigenvalue weighted by Gasteiger charge is 2.14. The minimum atomic E-state index is -0.0906. The zero-order valence-corrected chi connectivity index (χ0v) is 17.3. The maximum atomic E-state index is 12.4. The van der Waals surface area contributed by atoms with Gasteiger partial charge in [0.15, 0.2) is 6.61 Å². The highest BCUT2D eigenvalue weighted by Crippen LogP contribution is 2.27. The fourth-order valence-corrected chi connectivity index (χ4v) is 3.70. The molecule has 2 aromatic rings. The summed E-state index contributed by atoms with van der Waals surface area (Å²) in [6.07, 6.45) is 2.57. The normalized spacial score (nSPS) is 14.4. The van der Waals surface area contributed by atoms with E-state index in [-0.39, 0.29) is 12.5 Å². The van der Waals surface area contributed by atoms with Gasteiger partial charge in [-0.2, -0.15) is 0 Å². The molecule has 0 aromatic heterocycles. The SMILES string of the molecule is Cc1ccc(C(C)C)c(OCC(=O)NCc2ccccc2CN2CCCC2)c1. The molecule has 0 bridgehead atoms. The molecular weight excluding hydrogens is 348 g/mol. The summed E-state index contributed by atoms with van der Waals surface area (Å²) in [5, 5.41) is 3.02. The van der Waals surface area contributed by atoms with Crippen LogP contribution in [0.3, 0.4) is 0 Å². The van der Waals surface area contributed by atoms with E-state index in [9.17, 15) is 4.79 Å². The molecule has 0 aliphatic carbocycles. The third-order valence-corrected chi connectivity index (χ3v) is 5.34. The van der Waals surface area contributed by atoms with E-state index in [1.165, 1.54) is 37.1 Å². The van der Waals surface area contributed by atoms with Crippen LogP contribution in [0.25, 0.3) is 0 Å². The van der Waals surface area contributed by atoms with E-state index in [1.54, 1.807) is 0 Å². The highest BCUT2D eigenvalue weighted by molar-refractivity contribution is 5.77. The van der Waals surface area contributed by atoms with Crippen molar-refractivity contribution in [2.45, 2.75) is 52.6 Å². The molecule has 2 aromatic carbocycles. The molecule has 1 aliphatic heterocycles. The van der Waals surface area contributed by atoms with Gasteiger partial charge in [0.2, 0.25) is 0 Å². The van der Waals surface area contributed by atoms with Crippen LogP contribution in [0.2, 0.25) is 0 Å². The van der Waals surface area contributed by atoms with E-state index < -0.39 is 0 Å². The van der Waals surface area contributed by atoms with Gasteiger partial charge in [-0.15, -0.1) is 0 Å². The number of amides is 1. The molecule has 150 valence electrons. The van der Waals surface area contributed by atoms with E-state index in [1.807, 2.05) is 19.1 Å². The van der Waals surface area contributed by atoms with E-state index in [4.69, 9.17) is 4.74 Å². The van der Waals surface area contributed by atoms with Crippen molar-refractivity contribution in [3.8, 4) is 5.75 Å². The number of rotatable bonds is 8. The van der Waals surface area contributed by atoms with Crippen molar-refractivity contribution in [2.24, 2.45) is 0 Å². The summed E-state index contributed by atoms with van der Waals surface area (Å²) in [7, 11) is 0. The second-order valence-electron chi connectivity index (χ2n) is 8.01. The first-order chi connectivity index (χ1) is 13.5. The number of carbonyl (C=O) groups excluding carboxylic acids is 1. The molecule has 1 aliphatic rings. The van der Waals surface area contributed by atoms with Gasteiger partial charge in [-0.3, -0.25) is 9.69 Å². The first kappa shape index (κ1) is 20.4. The summed E-state index contributed by atoms with van der Waals surface area (Å²) in [6.45, 7) is 10.2. The number of aryl methyl sites for hydroxylation is 1. The molecule has 1 heterocycles. The van der Waals surface area contributed by atoms with Crippen LogP contribution in [0.1, 0.15) is 54.9 Å². The standard InChI is InChI=1S/C24H32N2O2/c1-18(2)22-11-10-19(3)14-23(22)28-17-24(27)25-15-20-8-4-5-9-21(20)16-26-12-6-7-13-26/h4-5,8-11,14,18H,6-7,12-13,15-17H2,1-3H3,(H,25,27). The Labute approximate surface area is 168 Å². The lowest BCUT2D eigenvalue weighted by Gasteiger charge is -2.18. The average molecular weight is 381 g/mol. The topological polar surface area (TPSA) is 41.6 Å². The van der Waals surface area contributed by atoms with Gasteiger partial charge < -0.3 is 10.1 Å². The van der Waals surface area contributed by atoms with Crippen molar-refractivity contribution in [1.82, 2.24) is 10.2 Å². The van der Waals surface area contributed by atoms with Crippen LogP contribution in [-0.4, -0.2) is 30.5 Å². The lowest BCUT2D eigenvalue weighted by atomic mass is 10.0. The number of hydrogen-bond donors (Lipinski definition) is 1. The molecule has 1 amide bonds. The molecule has 0 saturated carbocycles. The van der Waals surface area contributed by atoms with Crippen LogP contribution in [0, 0.1) is 6.92 Å². The maximum Gasteiger partial charge on any atom is 0.258 e. The van der Waals surface area contributed by atoms with Gasteiger partial charge in [0.05, 0.1) is 0 Å². The van der Waals surface area contributed by atoms with Gasteiger partial charge in [-0.25, -0.2) is 0 Å². The number of benzene rings is 2. The minimum Gasteiger partial charge on any atom is -0.483 e. The van der Waals surface area contributed by atoms with Gasteiger partial charge >= 0.3 is 0 Å². The zero-order chi connectivity index (χ0) is 19.9. The highest BCUT2D eigenvalue weighted by atomic mass is 16.5. The summed E-state index contributed by atoms with van der Waals surface area (Å²) >= 11 is 0. The first-order valence-corrected chi connectivity index (χ1v) is 10.3. The quantitative estimate of drug-likeness (QED) is 0.738. The van der Waals surface area contributed by atoms with Crippen LogP contribution in [0.15, 0.2) is 42.5 Å². The fourth-order valence-electron chi connectivity index (χ4n) is 3.70. The second kappa shape index (κ2) is 9.74. The van der Waals surface area contributed by atoms with Gasteiger partial charge in [0, 0.05) is 13.1 Å². The van der Waals surface area contributed by atoms with Crippen molar-refractivity contribution < 1.29 is 9.53 Å². The summed E-state index contributed by atoms with van der Waals surface area (Å²) in [5.74, 6) is 1.07. The zero-order valence-electron chi connectivity index (χ0n) is 17.3. The number of hydrogen-bond acceptors (Lipinski definition) is 3. The predicted molar refractivity (Wildman–Crippen MR) is 114 cm³/mol. The second-order valence-corrected chi connectivity index (χ2v) is 8.01. The first-order valence-electron chi connectivity index (χ1n) is 10.3. The smallest absolute Gasteiger partial charge is 0.258 e. The Kier molecular flexibility index (Phi) is 7.10. The summed E-state index contributed by atoms with van der Waals surface area (Å²) < 4.78 is 5.85. The molecule has 0 atom stereocenters. The van der Waals surface area contributed by atoms with Crippen molar-refractivity contribution in [2.75, 3.05) is 19.7 Å². The van der Waals surface area contributed by atoms with Crippen molar-refractivity contribution in [3.63, 3.8) is 0 Å². The van der Waals surface area contributed by atoms with Crippen LogP contribution >= 0.6 is 0 Å². The molecule has 3 rings (SSSR count). The number of ether oxygens (including phenoxy) is 1. The van der Waals surface area contributed by atoms with E-state index in [0.29, 0.717) is 12.5 Å². The summed E-state index contributed by atoms with van der Waals surface area (Å²) in [6, 6.07) is 14.6. The fraction of sp³-hybridized carbons (Fsp3) is 0.458. The average Bonchev–Trinajstić information content (AvgIpc) is 3.18. The lowest BCUT2D eigenvalue weighted by Crippen LogP contribution is -2.29. The van der Waals surface area contributed by atoms with Gasteiger partial charge in [0.1, 0.15) is 5.75 Å². The monoisotopic (exact) mass is 380 g/mol. The lowest BCUT2D eigenvalue weighted by molar-refractivity contribution is -0.123.